The van der Waals surface area contributed by atoms with Crippen molar-refractivity contribution in [1.29, 1.82) is 0 Å². The molecule has 0 saturated heterocycles. The molecule has 1 aliphatic rings. The topological polar surface area (TPSA) is 67.1 Å². The van der Waals surface area contributed by atoms with Crippen LogP contribution in [0.25, 0.3) is 0 Å². The first-order valence-electron chi connectivity index (χ1n) is 6.93. The molecule has 2 heterocycles. The van der Waals surface area contributed by atoms with Crippen LogP contribution in [0.2, 0.25) is 0 Å². The number of rotatable bonds is 4. The maximum absolute atomic E-state index is 5.39. The molecule has 1 aliphatic heterocycles. The average Bonchev–Trinajstić information content (AvgIpc) is 2.53. The van der Waals surface area contributed by atoms with Crippen molar-refractivity contribution < 1.29 is 0 Å². The van der Waals surface area contributed by atoms with Crippen LogP contribution in [0.5, 0.6) is 0 Å². The lowest BCUT2D eigenvalue weighted by atomic mass is 10.1. The van der Waals surface area contributed by atoms with Gasteiger partial charge in [-0.2, -0.15) is 5.10 Å². The fraction of sp³-hybridized carbons (Fsp3) is 0.333. The third kappa shape index (κ3) is 2.95. The molecule has 0 radical (unpaired) electrons. The molecule has 0 spiro atoms. The highest BCUT2D eigenvalue weighted by molar-refractivity contribution is 5.37. The van der Waals surface area contributed by atoms with E-state index in [9.17, 15) is 0 Å². The van der Waals surface area contributed by atoms with Crippen LogP contribution in [0.3, 0.4) is 0 Å². The van der Waals surface area contributed by atoms with Gasteiger partial charge in [-0.05, 0) is 23.6 Å². The van der Waals surface area contributed by atoms with Gasteiger partial charge in [-0.25, -0.2) is 5.84 Å². The average molecular weight is 269 g/mol. The molecule has 0 atom stereocenters. The second-order valence-electron chi connectivity index (χ2n) is 5.11. The molecule has 0 amide bonds. The van der Waals surface area contributed by atoms with E-state index in [0.29, 0.717) is 5.82 Å². The van der Waals surface area contributed by atoms with E-state index in [4.69, 9.17) is 5.84 Å². The highest BCUT2D eigenvalue weighted by Gasteiger charge is 2.18. The number of hydrogen-bond donors (Lipinski definition) is 2. The van der Waals surface area contributed by atoms with Crippen molar-refractivity contribution in [3.8, 4) is 0 Å². The normalized spacial score (nSPS) is 14.8. The molecule has 2 aromatic rings. The molecule has 5 heteroatoms. The highest BCUT2D eigenvalue weighted by atomic mass is 15.3. The second-order valence-corrected chi connectivity index (χ2v) is 5.11. The molecule has 1 aromatic heterocycles. The molecule has 3 rings (SSSR count). The third-order valence-corrected chi connectivity index (χ3v) is 3.73. The van der Waals surface area contributed by atoms with E-state index in [1.165, 1.54) is 11.1 Å². The summed E-state index contributed by atoms with van der Waals surface area (Å²) < 4.78 is 0. The van der Waals surface area contributed by atoms with Gasteiger partial charge in [0.1, 0.15) is 0 Å². The number of anilines is 1. The lowest BCUT2D eigenvalue weighted by molar-refractivity contribution is 0.254. The lowest BCUT2D eigenvalue weighted by Gasteiger charge is -2.27. The summed E-state index contributed by atoms with van der Waals surface area (Å²) in [5.41, 5.74) is 6.27. The van der Waals surface area contributed by atoms with Crippen molar-refractivity contribution in [2.45, 2.75) is 19.4 Å². The number of hydrogen-bond acceptors (Lipinski definition) is 5. The minimum Gasteiger partial charge on any atom is -0.307 e. The third-order valence-electron chi connectivity index (χ3n) is 3.73. The predicted octanol–water partition coefficient (Wildman–Crippen LogP) is 1.36. The number of fused-ring (bicyclic) bond motifs is 1. The Kier molecular flexibility index (Phi) is 3.90. The first-order valence-corrected chi connectivity index (χ1v) is 6.93. The standard InChI is InChI=1S/C15H19N5/c16-17-15-10-13-11-20(9-7-14(13)18-19-15)8-6-12-4-2-1-3-5-12/h1-5,10H,6-9,11,16H2,(H,17,19). The highest BCUT2D eigenvalue weighted by Crippen LogP contribution is 2.18. The number of nitrogens with two attached hydrogens (primary N) is 1. The Morgan fingerprint density at radius 2 is 2.05 bits per heavy atom. The van der Waals surface area contributed by atoms with Crippen molar-refractivity contribution in [3.63, 3.8) is 0 Å². The summed E-state index contributed by atoms with van der Waals surface area (Å²) in [6, 6.07) is 12.6. The summed E-state index contributed by atoms with van der Waals surface area (Å²) in [5.74, 6) is 6.02. The van der Waals surface area contributed by atoms with Gasteiger partial charge in [0.25, 0.3) is 0 Å². The monoisotopic (exact) mass is 269 g/mol. The Bertz CT molecular complexity index is 570. The molecular weight excluding hydrogens is 250 g/mol. The van der Waals surface area contributed by atoms with E-state index < -0.39 is 0 Å². The van der Waals surface area contributed by atoms with Gasteiger partial charge in [0.05, 0.1) is 5.69 Å². The molecule has 1 aromatic carbocycles. The Balaban J connectivity index is 1.63. The first kappa shape index (κ1) is 13.0. The largest absolute Gasteiger partial charge is 0.307 e. The van der Waals surface area contributed by atoms with Crippen LogP contribution in [-0.4, -0.2) is 28.2 Å². The van der Waals surface area contributed by atoms with E-state index in [0.717, 1.165) is 38.2 Å². The smallest absolute Gasteiger partial charge is 0.162 e. The summed E-state index contributed by atoms with van der Waals surface area (Å²) in [6.45, 7) is 3.04. The number of hydrazine groups is 1. The van der Waals surface area contributed by atoms with Gasteiger partial charge in [-0.3, -0.25) is 4.90 Å². The molecule has 0 saturated carbocycles. The van der Waals surface area contributed by atoms with Gasteiger partial charge in [0.2, 0.25) is 0 Å². The Morgan fingerprint density at radius 3 is 2.85 bits per heavy atom. The van der Waals surface area contributed by atoms with Crippen LogP contribution in [0.4, 0.5) is 5.82 Å². The maximum atomic E-state index is 5.39. The molecule has 0 fully saturated rings. The molecule has 3 N–H and O–H groups in total. The number of nitrogens with one attached hydrogen (secondary N) is 1. The van der Waals surface area contributed by atoms with Gasteiger partial charge < -0.3 is 5.43 Å². The maximum Gasteiger partial charge on any atom is 0.162 e. The van der Waals surface area contributed by atoms with Crippen molar-refractivity contribution in [2.24, 2.45) is 5.84 Å². The summed E-state index contributed by atoms with van der Waals surface area (Å²) in [6.07, 6.45) is 2.04. The van der Waals surface area contributed by atoms with E-state index in [2.05, 4.69) is 50.9 Å². The predicted molar refractivity (Wildman–Crippen MR) is 79.0 cm³/mol. The Labute approximate surface area is 118 Å². The fourth-order valence-corrected chi connectivity index (χ4v) is 2.58. The summed E-state index contributed by atoms with van der Waals surface area (Å²) in [4.78, 5) is 2.46. The SMILES string of the molecule is NNc1cc2c(nn1)CCN(CCc1ccccc1)C2. The number of nitrogens with zero attached hydrogens (tertiary/aromatic N) is 3. The Morgan fingerprint density at radius 1 is 1.20 bits per heavy atom. The second kappa shape index (κ2) is 5.98. The van der Waals surface area contributed by atoms with E-state index in [1.54, 1.807) is 0 Å². The number of aromatic nitrogens is 2. The van der Waals surface area contributed by atoms with Crippen LogP contribution in [-0.2, 0) is 19.4 Å². The van der Waals surface area contributed by atoms with Crippen LogP contribution in [0.1, 0.15) is 16.8 Å². The van der Waals surface area contributed by atoms with Crippen LogP contribution in [0, 0.1) is 0 Å². The van der Waals surface area contributed by atoms with Crippen molar-refractivity contribution in [1.82, 2.24) is 15.1 Å². The molecule has 0 unspecified atom stereocenters. The molecule has 104 valence electrons. The Hall–Kier alpha value is -1.98. The lowest BCUT2D eigenvalue weighted by Crippen LogP contribution is -2.33. The van der Waals surface area contributed by atoms with Gasteiger partial charge in [0.15, 0.2) is 5.82 Å². The quantitative estimate of drug-likeness (QED) is 0.648. The summed E-state index contributed by atoms with van der Waals surface area (Å²) in [5, 5.41) is 8.25. The zero-order valence-corrected chi connectivity index (χ0v) is 11.4. The van der Waals surface area contributed by atoms with Gasteiger partial charge in [0, 0.05) is 26.1 Å². The van der Waals surface area contributed by atoms with Crippen molar-refractivity contribution >= 4 is 5.82 Å². The number of benzene rings is 1. The zero-order chi connectivity index (χ0) is 13.8. The van der Waals surface area contributed by atoms with Gasteiger partial charge in [-0.15, -0.1) is 5.10 Å². The summed E-state index contributed by atoms with van der Waals surface area (Å²) in [7, 11) is 0. The molecule has 0 aliphatic carbocycles. The fourth-order valence-electron chi connectivity index (χ4n) is 2.58. The molecule has 5 nitrogen and oxygen atoms in total. The molecular formula is C15H19N5. The minimum atomic E-state index is 0.633. The van der Waals surface area contributed by atoms with Crippen molar-refractivity contribution in [3.05, 3.63) is 53.2 Å². The van der Waals surface area contributed by atoms with Crippen LogP contribution in [0.15, 0.2) is 36.4 Å². The first-order chi connectivity index (χ1) is 9.85. The minimum absolute atomic E-state index is 0.633. The van der Waals surface area contributed by atoms with Gasteiger partial charge >= 0.3 is 0 Å². The van der Waals surface area contributed by atoms with E-state index in [1.807, 2.05) is 6.07 Å². The van der Waals surface area contributed by atoms with Gasteiger partial charge in [-0.1, -0.05) is 30.3 Å². The number of nitrogen functional groups attached to an aromatic ring is 1. The summed E-state index contributed by atoms with van der Waals surface area (Å²) >= 11 is 0. The van der Waals surface area contributed by atoms with Crippen molar-refractivity contribution in [2.75, 3.05) is 18.5 Å². The van der Waals surface area contributed by atoms with E-state index >= 15 is 0 Å². The van der Waals surface area contributed by atoms with Crippen LogP contribution >= 0.6 is 0 Å². The molecule has 0 bridgehead atoms. The van der Waals surface area contributed by atoms with E-state index in [-0.39, 0.29) is 0 Å². The van der Waals surface area contributed by atoms with Crippen LogP contribution < -0.4 is 11.3 Å². The zero-order valence-electron chi connectivity index (χ0n) is 11.4. The molecule has 20 heavy (non-hydrogen) atoms.